The van der Waals surface area contributed by atoms with E-state index in [1.807, 2.05) is 0 Å². The molecule has 0 spiro atoms. The predicted octanol–water partition coefficient (Wildman–Crippen LogP) is -0.136. The van der Waals surface area contributed by atoms with E-state index in [1.165, 1.54) is 18.6 Å². The zero-order valence-corrected chi connectivity index (χ0v) is 12.7. The smallest absolute Gasteiger partial charge is 0.354 e. The molecule has 0 atom stereocenters. The third kappa shape index (κ3) is 7.10. The first-order valence-electron chi connectivity index (χ1n) is 5.94. The summed E-state index contributed by atoms with van der Waals surface area (Å²) in [6.45, 7) is 0.335. The van der Waals surface area contributed by atoms with Crippen LogP contribution in [0, 0.1) is 0 Å². The fraction of sp³-hybridized carbons (Fsp3) is 0.556. The van der Waals surface area contributed by atoms with Gasteiger partial charge in [-0.25, -0.2) is 4.98 Å². The summed E-state index contributed by atoms with van der Waals surface area (Å²) >= 11 is 0. The highest BCUT2D eigenvalue weighted by atomic mass is 31.2. The van der Waals surface area contributed by atoms with Crippen LogP contribution in [0.3, 0.4) is 0 Å². The van der Waals surface area contributed by atoms with Gasteiger partial charge in [0.15, 0.2) is 0 Å². The molecule has 5 N–H and O–H groups in total. The molecule has 0 saturated carbocycles. The average molecular weight is 341 g/mol. The lowest BCUT2D eigenvalue weighted by Gasteiger charge is -2.20. The van der Waals surface area contributed by atoms with Crippen LogP contribution < -0.4 is 10.1 Å². The standard InChI is InChI=1S/C9H17N3O7P2/c13-20(14,15)9(21(16,17)18)12-3-1-2-6-19-8-7-10-4-5-11-8/h4-5,7,9,12H,1-3,6H2,(H2,13,14,15)(H2,16,17,18). The summed E-state index contributed by atoms with van der Waals surface area (Å²) in [4.78, 5) is 43.2. The molecule has 0 unspecified atom stereocenters. The van der Waals surface area contributed by atoms with Gasteiger partial charge in [-0.2, -0.15) is 0 Å². The van der Waals surface area contributed by atoms with Gasteiger partial charge in [-0.15, -0.1) is 0 Å². The Balaban J connectivity index is 2.26. The summed E-state index contributed by atoms with van der Waals surface area (Å²) in [6, 6.07) is 0. The Bertz CT molecular complexity index is 495. The van der Waals surface area contributed by atoms with Crippen LogP contribution in [0.1, 0.15) is 12.8 Å². The summed E-state index contributed by atoms with van der Waals surface area (Å²) in [6.07, 6.45) is 5.34. The quantitative estimate of drug-likeness (QED) is 0.302. The van der Waals surface area contributed by atoms with Crippen molar-refractivity contribution in [3.63, 3.8) is 0 Å². The summed E-state index contributed by atoms with van der Waals surface area (Å²) in [5.41, 5.74) is -2.18. The van der Waals surface area contributed by atoms with Crippen LogP contribution in [0.15, 0.2) is 18.6 Å². The van der Waals surface area contributed by atoms with Crippen LogP contribution in [0.4, 0.5) is 0 Å². The largest absolute Gasteiger partial charge is 0.477 e. The zero-order chi connectivity index (χ0) is 15.9. The first-order chi connectivity index (χ1) is 9.71. The lowest BCUT2D eigenvalue weighted by molar-refractivity contribution is 0.291. The summed E-state index contributed by atoms with van der Waals surface area (Å²) in [7, 11) is -9.85. The molecule has 0 aliphatic rings. The molecule has 21 heavy (non-hydrogen) atoms. The van der Waals surface area contributed by atoms with Crippen LogP contribution in [-0.4, -0.2) is 48.2 Å². The molecule has 0 saturated heterocycles. The zero-order valence-electron chi connectivity index (χ0n) is 10.9. The van der Waals surface area contributed by atoms with Gasteiger partial charge in [-0.1, -0.05) is 0 Å². The Morgan fingerprint density at radius 3 is 2.33 bits per heavy atom. The van der Waals surface area contributed by atoms with Crippen LogP contribution in [-0.2, 0) is 9.13 Å². The molecule has 0 radical (unpaired) electrons. The molecule has 0 aliphatic heterocycles. The second kappa shape index (κ2) is 7.95. The van der Waals surface area contributed by atoms with E-state index in [0.717, 1.165) is 0 Å². The normalized spacial score (nSPS) is 12.6. The van der Waals surface area contributed by atoms with Gasteiger partial charge in [0.1, 0.15) is 0 Å². The second-order valence-corrected chi connectivity index (χ2v) is 7.90. The van der Waals surface area contributed by atoms with E-state index in [9.17, 15) is 9.13 Å². The van der Waals surface area contributed by atoms with Crippen molar-refractivity contribution in [1.29, 1.82) is 0 Å². The number of rotatable bonds is 9. The number of aromatic nitrogens is 2. The first kappa shape index (κ1) is 18.2. The first-order valence-corrected chi connectivity index (χ1v) is 9.30. The van der Waals surface area contributed by atoms with Crippen molar-refractivity contribution < 1.29 is 33.4 Å². The Labute approximate surface area is 120 Å². The molecule has 10 nitrogen and oxygen atoms in total. The number of unbranched alkanes of at least 4 members (excludes halogenated alkanes) is 1. The van der Waals surface area contributed by atoms with Gasteiger partial charge in [-0.05, 0) is 19.4 Å². The minimum Gasteiger partial charge on any atom is -0.477 e. The molecule has 0 fully saturated rings. The van der Waals surface area contributed by atoms with Crippen molar-refractivity contribution in [3.05, 3.63) is 18.6 Å². The van der Waals surface area contributed by atoms with Gasteiger partial charge >= 0.3 is 15.2 Å². The fourth-order valence-corrected chi connectivity index (χ4v) is 3.73. The molecule has 1 rings (SSSR count). The van der Waals surface area contributed by atoms with Gasteiger partial charge < -0.3 is 24.3 Å². The van der Waals surface area contributed by atoms with E-state index >= 15 is 0 Å². The van der Waals surface area contributed by atoms with Gasteiger partial charge in [-0.3, -0.25) is 19.4 Å². The van der Waals surface area contributed by atoms with E-state index in [-0.39, 0.29) is 6.54 Å². The number of ether oxygens (including phenoxy) is 1. The van der Waals surface area contributed by atoms with Crippen molar-refractivity contribution >= 4 is 15.2 Å². The highest BCUT2D eigenvalue weighted by Crippen LogP contribution is 2.58. The summed E-state index contributed by atoms with van der Waals surface area (Å²) in [5.74, 6) is 0.355. The summed E-state index contributed by atoms with van der Waals surface area (Å²) in [5, 5.41) is 2.19. The Kier molecular flexibility index (Phi) is 6.89. The maximum absolute atomic E-state index is 11.0. The molecule has 120 valence electrons. The van der Waals surface area contributed by atoms with E-state index in [1.54, 1.807) is 0 Å². The fourth-order valence-electron chi connectivity index (χ4n) is 1.43. The molecule has 0 amide bonds. The van der Waals surface area contributed by atoms with E-state index < -0.39 is 20.7 Å². The third-order valence-corrected chi connectivity index (χ3v) is 5.77. The monoisotopic (exact) mass is 341 g/mol. The van der Waals surface area contributed by atoms with E-state index in [4.69, 9.17) is 24.3 Å². The summed E-state index contributed by atoms with van der Waals surface area (Å²) < 4.78 is 27.2. The average Bonchev–Trinajstić information content (AvgIpc) is 2.35. The number of hydrogen-bond acceptors (Lipinski definition) is 6. The van der Waals surface area contributed by atoms with Crippen molar-refractivity contribution in [2.24, 2.45) is 0 Å². The molecule has 1 heterocycles. The van der Waals surface area contributed by atoms with Gasteiger partial charge in [0.2, 0.25) is 11.4 Å². The van der Waals surface area contributed by atoms with Crippen molar-refractivity contribution in [1.82, 2.24) is 15.3 Å². The maximum Gasteiger partial charge on any atom is 0.354 e. The lowest BCUT2D eigenvalue weighted by Crippen LogP contribution is -2.30. The predicted molar refractivity (Wildman–Crippen MR) is 72.6 cm³/mol. The van der Waals surface area contributed by atoms with Gasteiger partial charge in [0.05, 0.1) is 12.8 Å². The number of nitrogens with zero attached hydrogens (tertiary/aromatic N) is 2. The van der Waals surface area contributed by atoms with Crippen molar-refractivity contribution in [2.45, 2.75) is 18.4 Å². The molecular formula is C9H17N3O7P2. The number of hydrogen-bond donors (Lipinski definition) is 5. The molecule has 1 aromatic rings. The second-order valence-electron chi connectivity index (χ2n) is 4.11. The van der Waals surface area contributed by atoms with Gasteiger partial charge in [0, 0.05) is 12.4 Å². The van der Waals surface area contributed by atoms with Crippen LogP contribution >= 0.6 is 15.2 Å². The number of nitrogens with one attached hydrogen (secondary N) is 1. The third-order valence-electron chi connectivity index (χ3n) is 2.32. The van der Waals surface area contributed by atoms with E-state index in [2.05, 4.69) is 15.3 Å². The van der Waals surface area contributed by atoms with Gasteiger partial charge in [0.25, 0.3) is 0 Å². The Hall–Kier alpha value is -0.860. The lowest BCUT2D eigenvalue weighted by atomic mass is 10.3. The molecule has 0 aliphatic carbocycles. The Morgan fingerprint density at radius 1 is 1.14 bits per heavy atom. The minimum absolute atomic E-state index is 0.0325. The highest BCUT2D eigenvalue weighted by Gasteiger charge is 2.42. The maximum atomic E-state index is 11.0. The van der Waals surface area contributed by atoms with Crippen LogP contribution in [0.2, 0.25) is 0 Å². The van der Waals surface area contributed by atoms with Crippen molar-refractivity contribution in [2.75, 3.05) is 13.2 Å². The molecule has 0 bridgehead atoms. The highest BCUT2D eigenvalue weighted by molar-refractivity contribution is 7.70. The topological polar surface area (TPSA) is 162 Å². The Morgan fingerprint density at radius 2 is 1.81 bits per heavy atom. The molecular weight excluding hydrogens is 324 g/mol. The molecule has 0 aromatic carbocycles. The minimum atomic E-state index is -4.92. The SMILES string of the molecule is O=P(O)(O)C(NCCCCOc1cnccn1)P(=O)(O)O. The van der Waals surface area contributed by atoms with Crippen molar-refractivity contribution in [3.8, 4) is 5.88 Å². The van der Waals surface area contributed by atoms with Crippen LogP contribution in [0.5, 0.6) is 5.88 Å². The molecule has 12 heteroatoms. The van der Waals surface area contributed by atoms with E-state index in [0.29, 0.717) is 25.3 Å². The molecule has 1 aromatic heterocycles. The van der Waals surface area contributed by atoms with Crippen LogP contribution in [0.25, 0.3) is 0 Å².